The first kappa shape index (κ1) is 15.7. The van der Waals surface area contributed by atoms with Gasteiger partial charge < -0.3 is 0 Å². The van der Waals surface area contributed by atoms with Crippen molar-refractivity contribution in [1.29, 1.82) is 0 Å². The van der Waals surface area contributed by atoms with Gasteiger partial charge in [0, 0.05) is 6.04 Å². The molecule has 0 bridgehead atoms. The van der Waals surface area contributed by atoms with Crippen LogP contribution in [-0.2, 0) is 10.0 Å². The monoisotopic (exact) mass is 307 g/mol. The Labute approximate surface area is 124 Å². The van der Waals surface area contributed by atoms with Crippen LogP contribution in [0.25, 0.3) is 0 Å². The highest BCUT2D eigenvalue weighted by Gasteiger charge is 2.21. The summed E-state index contributed by atoms with van der Waals surface area (Å²) in [6.07, 6.45) is 0. The number of hydrogen-bond acceptors (Lipinski definition) is 2. The van der Waals surface area contributed by atoms with Crippen LogP contribution in [-0.4, -0.2) is 8.42 Å². The summed E-state index contributed by atoms with van der Waals surface area (Å²) in [4.78, 5) is 0.101. The zero-order valence-electron chi connectivity index (χ0n) is 12.2. The lowest BCUT2D eigenvalue weighted by Gasteiger charge is -2.17. The van der Waals surface area contributed by atoms with E-state index in [9.17, 15) is 12.8 Å². The summed E-state index contributed by atoms with van der Waals surface area (Å²) in [5.74, 6) is -0.446. The molecule has 0 aliphatic rings. The van der Waals surface area contributed by atoms with E-state index < -0.39 is 15.8 Å². The third-order valence-electron chi connectivity index (χ3n) is 3.41. The van der Waals surface area contributed by atoms with Crippen LogP contribution in [0.5, 0.6) is 0 Å². The average Bonchev–Trinajstić information content (AvgIpc) is 2.37. The smallest absolute Gasteiger partial charge is 0.207 e. The van der Waals surface area contributed by atoms with Gasteiger partial charge in [0.05, 0.1) is 4.90 Å². The van der Waals surface area contributed by atoms with Crippen molar-refractivity contribution in [3.05, 3.63) is 65.0 Å². The molecule has 1 atom stereocenters. The zero-order chi connectivity index (χ0) is 15.6. The lowest BCUT2D eigenvalue weighted by molar-refractivity contribution is 0.565. The van der Waals surface area contributed by atoms with Crippen molar-refractivity contribution < 1.29 is 12.8 Å². The Hall–Kier alpha value is -1.72. The van der Waals surface area contributed by atoms with Crippen molar-refractivity contribution in [2.24, 2.45) is 0 Å². The Morgan fingerprint density at radius 1 is 1.05 bits per heavy atom. The number of hydrogen-bond donors (Lipinski definition) is 1. The third kappa shape index (κ3) is 3.49. The Morgan fingerprint density at radius 2 is 1.71 bits per heavy atom. The van der Waals surface area contributed by atoms with E-state index in [0.717, 1.165) is 17.2 Å². The van der Waals surface area contributed by atoms with E-state index in [4.69, 9.17) is 0 Å². The lowest BCUT2D eigenvalue weighted by Crippen LogP contribution is -2.28. The first-order valence-electron chi connectivity index (χ1n) is 6.65. The molecular weight excluding hydrogens is 289 g/mol. The van der Waals surface area contributed by atoms with Crippen LogP contribution < -0.4 is 4.72 Å². The van der Waals surface area contributed by atoms with E-state index in [-0.39, 0.29) is 10.9 Å². The lowest BCUT2D eigenvalue weighted by atomic mass is 10.0. The molecule has 0 saturated carbocycles. The molecular formula is C16H18FNO2S. The van der Waals surface area contributed by atoms with Crippen LogP contribution in [0.4, 0.5) is 4.39 Å². The van der Waals surface area contributed by atoms with Gasteiger partial charge in [0.2, 0.25) is 10.0 Å². The highest BCUT2D eigenvalue weighted by molar-refractivity contribution is 7.89. The average molecular weight is 307 g/mol. The normalized spacial score (nSPS) is 13.1. The second kappa shape index (κ2) is 5.95. The summed E-state index contributed by atoms with van der Waals surface area (Å²) < 4.78 is 40.6. The molecule has 5 heteroatoms. The maximum Gasteiger partial charge on any atom is 0.241 e. The second-order valence-electron chi connectivity index (χ2n) is 5.11. The van der Waals surface area contributed by atoms with Gasteiger partial charge in [0.25, 0.3) is 0 Å². The molecule has 0 spiro atoms. The standard InChI is InChI=1S/C16H18FNO2S/c1-11-6-4-5-7-15(11)13(3)18-21(19,20)16-9-8-14(17)10-12(16)2/h4-10,13,18H,1-3H3/t13-/m1/s1. The van der Waals surface area contributed by atoms with Crippen molar-refractivity contribution in [2.45, 2.75) is 31.7 Å². The minimum atomic E-state index is -3.69. The van der Waals surface area contributed by atoms with E-state index >= 15 is 0 Å². The fraction of sp³-hybridized carbons (Fsp3) is 0.250. The van der Waals surface area contributed by atoms with Crippen molar-refractivity contribution in [3.8, 4) is 0 Å². The third-order valence-corrected chi connectivity index (χ3v) is 5.11. The topological polar surface area (TPSA) is 46.2 Å². The van der Waals surface area contributed by atoms with Gasteiger partial charge in [-0.3, -0.25) is 0 Å². The number of aryl methyl sites for hydroxylation is 2. The molecule has 2 aromatic carbocycles. The molecule has 3 nitrogen and oxygen atoms in total. The second-order valence-corrected chi connectivity index (χ2v) is 6.79. The fourth-order valence-corrected chi connectivity index (χ4v) is 3.80. The van der Waals surface area contributed by atoms with Crippen LogP contribution in [0, 0.1) is 19.7 Å². The molecule has 0 amide bonds. The van der Waals surface area contributed by atoms with Gasteiger partial charge in [-0.1, -0.05) is 24.3 Å². The first-order chi connectivity index (χ1) is 9.81. The van der Waals surface area contributed by atoms with Crippen molar-refractivity contribution >= 4 is 10.0 Å². The zero-order valence-corrected chi connectivity index (χ0v) is 13.0. The fourth-order valence-electron chi connectivity index (χ4n) is 2.35. The molecule has 2 rings (SSSR count). The molecule has 0 aliphatic heterocycles. The van der Waals surface area contributed by atoms with Gasteiger partial charge in [0.15, 0.2) is 0 Å². The number of halogens is 1. The van der Waals surface area contributed by atoms with Crippen LogP contribution in [0.1, 0.15) is 29.7 Å². The molecule has 0 saturated heterocycles. The van der Waals surface area contributed by atoms with E-state index in [1.54, 1.807) is 13.8 Å². The minimum Gasteiger partial charge on any atom is -0.207 e. The predicted molar refractivity (Wildman–Crippen MR) is 81.1 cm³/mol. The molecule has 112 valence electrons. The van der Waals surface area contributed by atoms with Gasteiger partial charge in [-0.25, -0.2) is 17.5 Å². The summed E-state index contributed by atoms with van der Waals surface area (Å²) in [7, 11) is -3.69. The first-order valence-corrected chi connectivity index (χ1v) is 8.13. The minimum absolute atomic E-state index is 0.101. The highest BCUT2D eigenvalue weighted by Crippen LogP contribution is 2.22. The molecule has 21 heavy (non-hydrogen) atoms. The largest absolute Gasteiger partial charge is 0.241 e. The number of rotatable bonds is 4. The van der Waals surface area contributed by atoms with Crippen molar-refractivity contribution in [2.75, 3.05) is 0 Å². The predicted octanol–water partition coefficient (Wildman–Crippen LogP) is 3.48. The Morgan fingerprint density at radius 3 is 2.33 bits per heavy atom. The summed E-state index contributed by atoms with van der Waals surface area (Å²) in [6, 6.07) is 10.9. The highest BCUT2D eigenvalue weighted by atomic mass is 32.2. The molecule has 0 fully saturated rings. The maximum atomic E-state index is 13.1. The molecule has 0 radical (unpaired) electrons. The van der Waals surface area contributed by atoms with Gasteiger partial charge in [-0.2, -0.15) is 0 Å². The summed E-state index contributed by atoms with van der Waals surface area (Å²) in [5.41, 5.74) is 2.32. The molecule has 2 aromatic rings. The van der Waals surface area contributed by atoms with Gasteiger partial charge in [-0.15, -0.1) is 0 Å². The van der Waals surface area contributed by atoms with Crippen LogP contribution in [0.3, 0.4) is 0 Å². The van der Waals surface area contributed by atoms with E-state index in [1.807, 2.05) is 31.2 Å². The Kier molecular flexibility index (Phi) is 4.44. The van der Waals surface area contributed by atoms with Gasteiger partial charge in [-0.05, 0) is 55.7 Å². The number of benzene rings is 2. The van der Waals surface area contributed by atoms with Crippen molar-refractivity contribution in [3.63, 3.8) is 0 Å². The van der Waals surface area contributed by atoms with Crippen molar-refractivity contribution in [1.82, 2.24) is 4.72 Å². The Balaban J connectivity index is 2.31. The van der Waals surface area contributed by atoms with Gasteiger partial charge in [0.1, 0.15) is 5.82 Å². The summed E-state index contributed by atoms with van der Waals surface area (Å²) in [6.45, 7) is 5.30. The number of sulfonamides is 1. The maximum absolute atomic E-state index is 13.1. The quantitative estimate of drug-likeness (QED) is 0.940. The molecule has 0 unspecified atom stereocenters. The SMILES string of the molecule is Cc1ccccc1[C@@H](C)NS(=O)(=O)c1ccc(F)cc1C. The number of nitrogens with one attached hydrogen (secondary N) is 1. The molecule has 1 N–H and O–H groups in total. The van der Waals surface area contributed by atoms with Crippen LogP contribution >= 0.6 is 0 Å². The molecule has 0 aromatic heterocycles. The molecule has 0 aliphatic carbocycles. The van der Waals surface area contributed by atoms with E-state index in [0.29, 0.717) is 5.56 Å². The van der Waals surface area contributed by atoms with Gasteiger partial charge >= 0.3 is 0 Å². The van der Waals surface area contributed by atoms with Crippen LogP contribution in [0.2, 0.25) is 0 Å². The van der Waals surface area contributed by atoms with E-state index in [2.05, 4.69) is 4.72 Å². The molecule has 0 heterocycles. The summed E-state index contributed by atoms with van der Waals surface area (Å²) in [5, 5.41) is 0. The summed E-state index contributed by atoms with van der Waals surface area (Å²) >= 11 is 0. The Bertz CT molecular complexity index is 757. The van der Waals surface area contributed by atoms with Crippen LogP contribution in [0.15, 0.2) is 47.4 Å². The van der Waals surface area contributed by atoms with E-state index in [1.165, 1.54) is 12.1 Å².